The summed E-state index contributed by atoms with van der Waals surface area (Å²) in [6.45, 7) is 5.13. The SMILES string of the molecule is COc1ccc(-c2nc3ccccc3n2C2CCN(C(=O)Cc3c(C)noc3C)CC2)cc1OC. The Kier molecular flexibility index (Phi) is 6.19. The van der Waals surface area contributed by atoms with Crippen molar-refractivity contribution in [3.05, 3.63) is 59.5 Å². The highest BCUT2D eigenvalue weighted by Crippen LogP contribution is 2.37. The number of ether oxygens (including phenoxy) is 2. The lowest BCUT2D eigenvalue weighted by Gasteiger charge is -2.33. The van der Waals surface area contributed by atoms with Gasteiger partial charge < -0.3 is 23.5 Å². The summed E-state index contributed by atoms with van der Waals surface area (Å²) in [7, 11) is 3.27. The van der Waals surface area contributed by atoms with Gasteiger partial charge in [0, 0.05) is 30.3 Å². The molecule has 4 aromatic rings. The molecule has 0 atom stereocenters. The Morgan fingerprint density at radius 2 is 1.80 bits per heavy atom. The summed E-state index contributed by atoms with van der Waals surface area (Å²) in [5.74, 6) is 3.09. The lowest BCUT2D eigenvalue weighted by Crippen LogP contribution is -2.40. The van der Waals surface area contributed by atoms with Crippen molar-refractivity contribution in [2.45, 2.75) is 39.2 Å². The van der Waals surface area contributed by atoms with Gasteiger partial charge in [-0.05, 0) is 57.0 Å². The molecular formula is C27H30N4O4. The van der Waals surface area contributed by atoms with Crippen LogP contribution in [0.15, 0.2) is 47.0 Å². The Balaban J connectivity index is 1.41. The van der Waals surface area contributed by atoms with Crippen molar-refractivity contribution < 1.29 is 18.8 Å². The highest BCUT2D eigenvalue weighted by atomic mass is 16.5. The number of rotatable bonds is 6. The molecule has 0 radical (unpaired) electrons. The molecule has 1 aliphatic heterocycles. The zero-order valence-corrected chi connectivity index (χ0v) is 20.6. The van der Waals surface area contributed by atoms with Crippen LogP contribution < -0.4 is 9.47 Å². The molecule has 8 nitrogen and oxygen atoms in total. The quantitative estimate of drug-likeness (QED) is 0.402. The Bertz CT molecular complexity index is 1350. The largest absolute Gasteiger partial charge is 0.493 e. The summed E-state index contributed by atoms with van der Waals surface area (Å²) in [5, 5.41) is 3.98. The Morgan fingerprint density at radius 1 is 1.06 bits per heavy atom. The molecule has 35 heavy (non-hydrogen) atoms. The van der Waals surface area contributed by atoms with Crippen LogP contribution in [0.5, 0.6) is 11.5 Å². The predicted octanol–water partition coefficient (Wildman–Crippen LogP) is 4.73. The average molecular weight is 475 g/mol. The number of amides is 1. The van der Waals surface area contributed by atoms with Crippen molar-refractivity contribution in [2.75, 3.05) is 27.3 Å². The molecule has 3 heterocycles. The number of benzene rings is 2. The third kappa shape index (κ3) is 4.24. The van der Waals surface area contributed by atoms with Crippen LogP contribution in [-0.4, -0.2) is 52.8 Å². The van der Waals surface area contributed by atoms with Gasteiger partial charge in [-0.25, -0.2) is 4.98 Å². The molecule has 5 rings (SSSR count). The Labute approximate surface area is 204 Å². The van der Waals surface area contributed by atoms with Crippen LogP contribution in [0.3, 0.4) is 0 Å². The minimum absolute atomic E-state index is 0.119. The van der Waals surface area contributed by atoms with Gasteiger partial charge in [0.05, 0.1) is 37.4 Å². The van der Waals surface area contributed by atoms with Crippen LogP contribution in [0.2, 0.25) is 0 Å². The fourth-order valence-corrected chi connectivity index (χ4v) is 4.98. The van der Waals surface area contributed by atoms with E-state index < -0.39 is 0 Å². The molecule has 1 saturated heterocycles. The molecular weight excluding hydrogens is 444 g/mol. The number of piperidine rings is 1. The summed E-state index contributed by atoms with van der Waals surface area (Å²) in [6, 6.07) is 14.3. The number of aromatic nitrogens is 3. The first-order chi connectivity index (χ1) is 17.0. The van der Waals surface area contributed by atoms with E-state index in [2.05, 4.69) is 15.8 Å². The van der Waals surface area contributed by atoms with Gasteiger partial charge in [-0.1, -0.05) is 17.3 Å². The van der Waals surface area contributed by atoms with Crippen molar-refractivity contribution in [3.63, 3.8) is 0 Å². The highest BCUT2D eigenvalue weighted by Gasteiger charge is 2.28. The van der Waals surface area contributed by atoms with E-state index in [1.54, 1.807) is 14.2 Å². The van der Waals surface area contributed by atoms with Gasteiger partial charge >= 0.3 is 0 Å². The minimum atomic E-state index is 0.119. The predicted molar refractivity (Wildman–Crippen MR) is 133 cm³/mol. The molecule has 0 spiro atoms. The zero-order valence-electron chi connectivity index (χ0n) is 20.6. The number of methoxy groups -OCH3 is 2. The number of hydrogen-bond acceptors (Lipinski definition) is 6. The van der Waals surface area contributed by atoms with Crippen LogP contribution >= 0.6 is 0 Å². The number of carbonyl (C=O) groups is 1. The lowest BCUT2D eigenvalue weighted by atomic mass is 10.0. The number of likely N-dealkylation sites (tertiary alicyclic amines) is 1. The van der Waals surface area contributed by atoms with E-state index in [9.17, 15) is 4.79 Å². The molecule has 0 saturated carbocycles. The molecule has 1 aliphatic rings. The van der Waals surface area contributed by atoms with Crippen LogP contribution in [0, 0.1) is 13.8 Å². The van der Waals surface area contributed by atoms with E-state index >= 15 is 0 Å². The molecule has 182 valence electrons. The number of nitrogens with zero attached hydrogens (tertiary/aromatic N) is 4. The molecule has 2 aromatic carbocycles. The second kappa shape index (κ2) is 9.44. The third-order valence-electron chi connectivity index (χ3n) is 6.93. The van der Waals surface area contributed by atoms with Gasteiger partial charge in [-0.2, -0.15) is 0 Å². The first kappa shape index (κ1) is 23.0. The molecule has 0 N–H and O–H groups in total. The molecule has 2 aromatic heterocycles. The zero-order chi connectivity index (χ0) is 24.5. The number of fused-ring (bicyclic) bond motifs is 1. The van der Waals surface area contributed by atoms with E-state index in [0.29, 0.717) is 31.0 Å². The Morgan fingerprint density at radius 3 is 2.49 bits per heavy atom. The smallest absolute Gasteiger partial charge is 0.227 e. The van der Waals surface area contributed by atoms with Crippen molar-refractivity contribution in [1.29, 1.82) is 0 Å². The van der Waals surface area contributed by atoms with Gasteiger partial charge in [-0.15, -0.1) is 0 Å². The van der Waals surface area contributed by atoms with Crippen molar-refractivity contribution in [2.24, 2.45) is 0 Å². The van der Waals surface area contributed by atoms with E-state index in [4.69, 9.17) is 19.0 Å². The van der Waals surface area contributed by atoms with Crippen LogP contribution in [-0.2, 0) is 11.2 Å². The summed E-state index contributed by atoms with van der Waals surface area (Å²) in [5.41, 5.74) is 4.70. The molecule has 1 fully saturated rings. The van der Waals surface area contributed by atoms with Gasteiger partial charge in [0.25, 0.3) is 0 Å². The number of para-hydroxylation sites is 2. The first-order valence-corrected chi connectivity index (χ1v) is 11.9. The molecule has 1 amide bonds. The summed E-state index contributed by atoms with van der Waals surface area (Å²) in [4.78, 5) is 19.9. The molecule has 0 bridgehead atoms. The summed E-state index contributed by atoms with van der Waals surface area (Å²) >= 11 is 0. The maximum atomic E-state index is 13.0. The maximum absolute atomic E-state index is 13.0. The molecule has 0 unspecified atom stereocenters. The fraction of sp³-hybridized carbons (Fsp3) is 0.370. The topological polar surface area (TPSA) is 82.6 Å². The van der Waals surface area contributed by atoms with Gasteiger partial charge in [0.2, 0.25) is 5.91 Å². The van der Waals surface area contributed by atoms with Crippen LogP contribution in [0.1, 0.15) is 35.9 Å². The van der Waals surface area contributed by atoms with E-state index in [1.807, 2.05) is 55.1 Å². The van der Waals surface area contributed by atoms with Crippen LogP contribution in [0.25, 0.3) is 22.4 Å². The van der Waals surface area contributed by atoms with Crippen molar-refractivity contribution in [3.8, 4) is 22.9 Å². The fourth-order valence-electron chi connectivity index (χ4n) is 4.98. The second-order valence-electron chi connectivity index (χ2n) is 8.96. The molecule has 8 heteroatoms. The van der Waals surface area contributed by atoms with E-state index in [1.165, 1.54) is 0 Å². The van der Waals surface area contributed by atoms with Crippen LogP contribution in [0.4, 0.5) is 0 Å². The normalized spacial score (nSPS) is 14.5. The number of aryl methyl sites for hydroxylation is 2. The van der Waals surface area contributed by atoms with Crippen molar-refractivity contribution in [1.82, 2.24) is 19.6 Å². The van der Waals surface area contributed by atoms with Gasteiger partial charge in [-0.3, -0.25) is 4.79 Å². The molecule has 0 aliphatic carbocycles. The summed E-state index contributed by atoms with van der Waals surface area (Å²) < 4.78 is 18.5. The van der Waals surface area contributed by atoms with Crippen molar-refractivity contribution >= 4 is 16.9 Å². The first-order valence-electron chi connectivity index (χ1n) is 11.9. The lowest BCUT2D eigenvalue weighted by molar-refractivity contribution is -0.131. The highest BCUT2D eigenvalue weighted by molar-refractivity contribution is 5.82. The number of carbonyl (C=O) groups excluding carboxylic acids is 1. The second-order valence-corrected chi connectivity index (χ2v) is 8.96. The third-order valence-corrected chi connectivity index (χ3v) is 6.93. The van der Waals surface area contributed by atoms with E-state index in [-0.39, 0.29) is 11.9 Å². The average Bonchev–Trinajstić information content (AvgIpc) is 3.43. The standard InChI is InChI=1S/C27H30N4O4/c1-17-21(18(2)35-29-17)16-26(32)30-13-11-20(12-14-30)31-23-8-6-5-7-22(23)28-27(31)19-9-10-24(33-3)25(15-19)34-4/h5-10,15,20H,11-14,16H2,1-4H3. The van der Waals surface area contributed by atoms with Gasteiger partial charge in [0.15, 0.2) is 11.5 Å². The maximum Gasteiger partial charge on any atom is 0.227 e. The Hall–Kier alpha value is -3.81. The van der Waals surface area contributed by atoms with Gasteiger partial charge in [0.1, 0.15) is 11.6 Å². The van der Waals surface area contributed by atoms with E-state index in [0.717, 1.165) is 52.3 Å². The minimum Gasteiger partial charge on any atom is -0.493 e. The monoisotopic (exact) mass is 474 g/mol. The summed E-state index contributed by atoms with van der Waals surface area (Å²) in [6.07, 6.45) is 2.04. The number of hydrogen-bond donors (Lipinski definition) is 0. The number of imidazole rings is 1.